The Kier molecular flexibility index (Phi) is 6.30. The highest BCUT2D eigenvalue weighted by Crippen LogP contribution is 2.36. The summed E-state index contributed by atoms with van der Waals surface area (Å²) in [7, 11) is 0. The molecular weight excluding hydrogens is 483 g/mol. The van der Waals surface area contributed by atoms with Gasteiger partial charge in [0.15, 0.2) is 11.5 Å². The molecule has 3 amide bonds. The Bertz CT molecular complexity index is 820. The number of ether oxygens (including phenoxy) is 1. The third-order valence-electron chi connectivity index (χ3n) is 4.27. The predicted octanol–water partition coefficient (Wildman–Crippen LogP) is 3.05. The van der Waals surface area contributed by atoms with Crippen molar-refractivity contribution in [2.75, 3.05) is 26.2 Å². The lowest BCUT2D eigenvalue weighted by Gasteiger charge is -2.18. The first kappa shape index (κ1) is 20.0. The second-order valence-corrected chi connectivity index (χ2v) is 8.29. The maximum absolute atomic E-state index is 12.6. The molecule has 0 atom stereocenters. The number of thioether (sulfide) groups is 1. The highest BCUT2D eigenvalue weighted by Gasteiger charge is 2.37. The fourth-order valence-electron chi connectivity index (χ4n) is 2.93. The van der Waals surface area contributed by atoms with Crippen molar-refractivity contribution in [1.29, 1.82) is 0 Å². The summed E-state index contributed by atoms with van der Waals surface area (Å²) in [6.07, 6.45) is 3.49. The van der Waals surface area contributed by atoms with Crippen LogP contribution in [0.15, 0.2) is 17.0 Å². The number of nitrogens with zero attached hydrogens (tertiary/aromatic N) is 2. The van der Waals surface area contributed by atoms with Crippen molar-refractivity contribution < 1.29 is 24.2 Å². The molecule has 3 rings (SSSR count). The first-order valence-corrected chi connectivity index (χ1v) is 10.5. The molecule has 2 aliphatic rings. The quantitative estimate of drug-likeness (QED) is 0.492. The van der Waals surface area contributed by atoms with Crippen LogP contribution < -0.4 is 4.74 Å². The number of likely N-dealkylation sites (tertiary alicyclic amines) is 1. The number of phenols is 1. The number of rotatable bonds is 5. The van der Waals surface area contributed by atoms with Crippen LogP contribution in [0.3, 0.4) is 0 Å². The molecule has 1 aromatic rings. The van der Waals surface area contributed by atoms with Crippen molar-refractivity contribution in [2.24, 2.45) is 0 Å². The lowest BCUT2D eigenvalue weighted by atomic mass is 10.2. The number of benzene rings is 1. The van der Waals surface area contributed by atoms with Crippen LogP contribution in [0.5, 0.6) is 11.5 Å². The molecule has 0 spiro atoms. The summed E-state index contributed by atoms with van der Waals surface area (Å²) >= 11 is 2.79. The van der Waals surface area contributed by atoms with Crippen LogP contribution in [-0.4, -0.2) is 58.2 Å². The molecular formula is C18H19IN2O5S. The normalized spacial score (nSPS) is 18.7. The fourth-order valence-corrected chi connectivity index (χ4v) is 4.40. The van der Waals surface area contributed by atoms with Gasteiger partial charge < -0.3 is 14.7 Å². The number of amides is 3. The van der Waals surface area contributed by atoms with E-state index >= 15 is 0 Å². The van der Waals surface area contributed by atoms with E-state index < -0.39 is 11.1 Å². The zero-order chi connectivity index (χ0) is 19.6. The van der Waals surface area contributed by atoms with E-state index in [0.29, 0.717) is 34.6 Å². The van der Waals surface area contributed by atoms with Crippen molar-refractivity contribution in [2.45, 2.75) is 19.8 Å². The van der Waals surface area contributed by atoms with Crippen LogP contribution >= 0.6 is 34.4 Å². The molecule has 0 aliphatic carbocycles. The largest absolute Gasteiger partial charge is 0.504 e. The number of aromatic hydroxyl groups is 1. The molecule has 0 aromatic heterocycles. The van der Waals surface area contributed by atoms with Gasteiger partial charge in [0.05, 0.1) is 15.1 Å². The molecule has 2 fully saturated rings. The number of carbonyl (C=O) groups is 3. The second-order valence-electron chi connectivity index (χ2n) is 6.14. The van der Waals surface area contributed by atoms with Crippen LogP contribution in [0.4, 0.5) is 4.79 Å². The minimum absolute atomic E-state index is 0.0407. The summed E-state index contributed by atoms with van der Waals surface area (Å²) in [6, 6.07) is 3.31. The summed E-state index contributed by atoms with van der Waals surface area (Å²) in [6.45, 7) is 3.33. The Hall–Kier alpha value is -1.75. The smallest absolute Gasteiger partial charge is 0.294 e. The third kappa shape index (κ3) is 4.40. The van der Waals surface area contributed by atoms with Gasteiger partial charge in [0, 0.05) is 13.1 Å². The summed E-state index contributed by atoms with van der Waals surface area (Å²) < 4.78 is 5.98. The first-order valence-electron chi connectivity index (χ1n) is 8.59. The molecule has 0 radical (unpaired) electrons. The highest BCUT2D eigenvalue weighted by atomic mass is 127. The molecule has 2 aliphatic heterocycles. The van der Waals surface area contributed by atoms with E-state index in [9.17, 15) is 19.5 Å². The molecule has 27 heavy (non-hydrogen) atoms. The van der Waals surface area contributed by atoms with Gasteiger partial charge in [0.1, 0.15) is 6.54 Å². The monoisotopic (exact) mass is 502 g/mol. The molecule has 0 unspecified atom stereocenters. The molecule has 1 aromatic carbocycles. The second kappa shape index (κ2) is 8.51. The van der Waals surface area contributed by atoms with Crippen molar-refractivity contribution in [3.8, 4) is 11.5 Å². The van der Waals surface area contributed by atoms with Crippen LogP contribution in [0.25, 0.3) is 6.08 Å². The van der Waals surface area contributed by atoms with Gasteiger partial charge in [-0.15, -0.1) is 0 Å². The lowest BCUT2D eigenvalue weighted by Crippen LogP contribution is -2.40. The van der Waals surface area contributed by atoms with Crippen molar-refractivity contribution in [1.82, 2.24) is 9.80 Å². The Morgan fingerprint density at radius 2 is 2.04 bits per heavy atom. The van der Waals surface area contributed by atoms with Gasteiger partial charge in [-0.2, -0.15) is 0 Å². The topological polar surface area (TPSA) is 87.2 Å². The summed E-state index contributed by atoms with van der Waals surface area (Å²) in [5, 5.41) is 9.58. The number of imide groups is 1. The minimum Gasteiger partial charge on any atom is -0.504 e. The molecule has 9 heteroatoms. The van der Waals surface area contributed by atoms with Gasteiger partial charge in [-0.25, -0.2) is 0 Å². The number of carbonyl (C=O) groups excluding carboxylic acids is 3. The van der Waals surface area contributed by atoms with Gasteiger partial charge in [-0.05, 0) is 77.9 Å². The highest BCUT2D eigenvalue weighted by molar-refractivity contribution is 14.1. The number of hydrogen-bond acceptors (Lipinski definition) is 6. The van der Waals surface area contributed by atoms with E-state index in [1.807, 2.05) is 29.5 Å². The number of phenolic OH excluding ortho intramolecular Hbond substituents is 1. The van der Waals surface area contributed by atoms with Crippen molar-refractivity contribution in [3.05, 3.63) is 26.2 Å². The van der Waals surface area contributed by atoms with E-state index in [1.165, 1.54) is 0 Å². The van der Waals surface area contributed by atoms with Gasteiger partial charge in [-0.1, -0.05) is 0 Å². The molecule has 0 bridgehead atoms. The van der Waals surface area contributed by atoms with Crippen LogP contribution in [0, 0.1) is 3.57 Å². The molecule has 144 valence electrons. The Labute approximate surface area is 174 Å². The first-order chi connectivity index (χ1) is 12.9. The average Bonchev–Trinajstić information content (AvgIpc) is 3.24. The average molecular weight is 502 g/mol. The SMILES string of the molecule is CCOc1cc(/C=C2\SC(=O)N(CC(=O)N3CCCC3)C2=O)cc(I)c1O. The van der Waals surface area contributed by atoms with E-state index in [4.69, 9.17) is 4.74 Å². The van der Waals surface area contributed by atoms with Gasteiger partial charge in [0.2, 0.25) is 5.91 Å². The maximum Gasteiger partial charge on any atom is 0.294 e. The maximum atomic E-state index is 12.6. The molecule has 7 nitrogen and oxygen atoms in total. The van der Waals surface area contributed by atoms with Crippen molar-refractivity contribution in [3.63, 3.8) is 0 Å². The van der Waals surface area contributed by atoms with Gasteiger partial charge >= 0.3 is 0 Å². The summed E-state index contributed by atoms with van der Waals surface area (Å²) in [5.74, 6) is -0.314. The van der Waals surface area contributed by atoms with E-state index in [0.717, 1.165) is 29.5 Å². The van der Waals surface area contributed by atoms with E-state index in [2.05, 4.69) is 0 Å². The Morgan fingerprint density at radius 1 is 1.33 bits per heavy atom. The zero-order valence-corrected chi connectivity index (χ0v) is 17.7. The Morgan fingerprint density at radius 3 is 2.70 bits per heavy atom. The summed E-state index contributed by atoms with van der Waals surface area (Å²) in [5.41, 5.74) is 0.636. The summed E-state index contributed by atoms with van der Waals surface area (Å²) in [4.78, 5) is 40.0. The van der Waals surface area contributed by atoms with Crippen molar-refractivity contribution >= 4 is 57.5 Å². The minimum atomic E-state index is -0.474. The fraction of sp³-hybridized carbons (Fsp3) is 0.389. The van der Waals surface area contributed by atoms with Gasteiger partial charge in [-0.3, -0.25) is 19.3 Å². The van der Waals surface area contributed by atoms with E-state index in [1.54, 1.807) is 23.1 Å². The molecule has 2 heterocycles. The van der Waals surface area contributed by atoms with Crippen LogP contribution in [-0.2, 0) is 9.59 Å². The lowest BCUT2D eigenvalue weighted by molar-refractivity contribution is -0.135. The molecule has 1 N–H and O–H groups in total. The molecule has 0 saturated carbocycles. The predicted molar refractivity (Wildman–Crippen MR) is 110 cm³/mol. The zero-order valence-electron chi connectivity index (χ0n) is 14.7. The number of halogens is 1. The molecule has 2 saturated heterocycles. The number of hydrogen-bond donors (Lipinski definition) is 1. The van der Waals surface area contributed by atoms with Crippen LogP contribution in [0.1, 0.15) is 25.3 Å². The van der Waals surface area contributed by atoms with Gasteiger partial charge in [0.25, 0.3) is 11.1 Å². The standard InChI is InChI=1S/C18H19IN2O5S/c1-2-26-13-8-11(7-12(19)16(13)23)9-14-17(24)21(18(25)27-14)10-15(22)20-5-3-4-6-20/h7-9,23H,2-6,10H2,1H3/b14-9-. The Balaban J connectivity index is 1.78. The van der Waals surface area contributed by atoms with E-state index in [-0.39, 0.29) is 23.1 Å². The van der Waals surface area contributed by atoms with Crippen LogP contribution in [0.2, 0.25) is 0 Å². The third-order valence-corrected chi connectivity index (χ3v) is 6.00.